The van der Waals surface area contributed by atoms with Crippen LogP contribution >= 0.6 is 24.2 Å². The molecule has 3 aromatic rings. The third-order valence-electron chi connectivity index (χ3n) is 3.36. The first-order valence-corrected chi connectivity index (χ1v) is 8.12. The molecular weight excluding hydrogens is 375 g/mol. The van der Waals surface area contributed by atoms with Crippen LogP contribution in [0.3, 0.4) is 0 Å². The van der Waals surface area contributed by atoms with Crippen molar-refractivity contribution in [3.8, 4) is 5.75 Å². The maximum Gasteiger partial charge on any atom is 0.422 e. The first-order valence-electron chi connectivity index (χ1n) is 7.14. The second-order valence-electron chi connectivity index (χ2n) is 5.13. The fourth-order valence-electron chi connectivity index (χ4n) is 2.15. The van der Waals surface area contributed by atoms with E-state index in [-0.39, 0.29) is 18.2 Å². The molecular formula is C16H15ClF3N3OS. The molecule has 2 heterocycles. The number of alkyl halides is 3. The number of hydrogen-bond donors (Lipinski definition) is 1. The molecule has 0 saturated heterocycles. The molecule has 25 heavy (non-hydrogen) atoms. The van der Waals surface area contributed by atoms with E-state index in [1.54, 1.807) is 6.92 Å². The fourth-order valence-corrected chi connectivity index (χ4v) is 3.06. The third kappa shape index (κ3) is 5.02. The van der Waals surface area contributed by atoms with Crippen LogP contribution in [0.15, 0.2) is 41.7 Å². The minimum atomic E-state index is -4.36. The van der Waals surface area contributed by atoms with E-state index in [9.17, 15) is 13.2 Å². The fraction of sp³-hybridized carbons (Fsp3) is 0.250. The van der Waals surface area contributed by atoms with Gasteiger partial charge in [-0.2, -0.15) is 13.2 Å². The molecule has 4 nitrogen and oxygen atoms in total. The lowest BCUT2D eigenvalue weighted by molar-refractivity contribution is -0.153. The number of para-hydroxylation sites is 2. The minimum absolute atomic E-state index is 0. The monoisotopic (exact) mass is 389 g/mol. The molecule has 0 spiro atoms. The summed E-state index contributed by atoms with van der Waals surface area (Å²) in [5.74, 6) is 0.678. The molecule has 0 atom stereocenters. The number of aromatic amines is 1. The van der Waals surface area contributed by atoms with E-state index in [1.807, 2.05) is 24.3 Å². The topological polar surface area (TPSA) is 50.8 Å². The zero-order chi connectivity index (χ0) is 17.2. The van der Waals surface area contributed by atoms with Crippen LogP contribution in [0.25, 0.3) is 11.0 Å². The molecule has 134 valence electrons. The summed E-state index contributed by atoms with van der Waals surface area (Å²) < 4.78 is 41.7. The molecule has 0 saturated carbocycles. The van der Waals surface area contributed by atoms with E-state index in [2.05, 4.69) is 15.0 Å². The van der Waals surface area contributed by atoms with Crippen LogP contribution in [0.1, 0.15) is 11.3 Å². The van der Waals surface area contributed by atoms with Gasteiger partial charge in [0.25, 0.3) is 0 Å². The van der Waals surface area contributed by atoms with Gasteiger partial charge >= 0.3 is 6.18 Å². The maximum atomic E-state index is 12.3. The number of nitrogens with one attached hydrogen (secondary N) is 1. The van der Waals surface area contributed by atoms with Gasteiger partial charge < -0.3 is 9.72 Å². The van der Waals surface area contributed by atoms with Crippen molar-refractivity contribution in [3.63, 3.8) is 0 Å². The van der Waals surface area contributed by atoms with E-state index < -0.39 is 12.8 Å². The van der Waals surface area contributed by atoms with Crippen molar-refractivity contribution in [2.24, 2.45) is 0 Å². The lowest BCUT2D eigenvalue weighted by Crippen LogP contribution is -2.19. The van der Waals surface area contributed by atoms with Crippen molar-refractivity contribution in [2.75, 3.05) is 6.61 Å². The van der Waals surface area contributed by atoms with Gasteiger partial charge in [0, 0.05) is 17.5 Å². The zero-order valence-corrected chi connectivity index (χ0v) is 14.8. The highest BCUT2D eigenvalue weighted by atomic mass is 35.5. The number of aromatic nitrogens is 3. The second-order valence-corrected chi connectivity index (χ2v) is 6.10. The molecule has 1 aromatic carbocycles. The number of benzene rings is 1. The summed E-state index contributed by atoms with van der Waals surface area (Å²) in [5, 5.41) is 0.735. The van der Waals surface area contributed by atoms with Crippen molar-refractivity contribution in [2.45, 2.75) is 24.0 Å². The van der Waals surface area contributed by atoms with Crippen molar-refractivity contribution in [1.82, 2.24) is 15.0 Å². The van der Waals surface area contributed by atoms with Crippen LogP contribution in [0, 0.1) is 6.92 Å². The van der Waals surface area contributed by atoms with E-state index in [0.29, 0.717) is 17.0 Å². The standard InChI is InChI=1S/C16H14F3N3OS.ClH/c1-10-13(20-7-6-14(10)23-9-16(17,18)19)8-24-15-21-11-4-2-3-5-12(11)22-15;/h2-7H,8-9H2,1H3,(H,21,22);1H. The van der Waals surface area contributed by atoms with Crippen molar-refractivity contribution in [3.05, 3.63) is 47.8 Å². The van der Waals surface area contributed by atoms with Crippen molar-refractivity contribution in [1.29, 1.82) is 0 Å². The summed E-state index contributed by atoms with van der Waals surface area (Å²) in [6, 6.07) is 9.11. The summed E-state index contributed by atoms with van der Waals surface area (Å²) in [7, 11) is 0. The quantitative estimate of drug-likeness (QED) is 0.629. The minimum Gasteiger partial charge on any atom is -0.484 e. The van der Waals surface area contributed by atoms with Crippen LogP contribution in [0.5, 0.6) is 5.75 Å². The predicted molar refractivity (Wildman–Crippen MR) is 93.4 cm³/mol. The van der Waals surface area contributed by atoms with Gasteiger partial charge in [-0.25, -0.2) is 4.98 Å². The number of nitrogens with zero attached hydrogens (tertiary/aromatic N) is 2. The molecule has 0 unspecified atom stereocenters. The number of pyridine rings is 1. The third-order valence-corrected chi connectivity index (χ3v) is 4.25. The second kappa shape index (κ2) is 7.97. The number of ether oxygens (including phenoxy) is 1. The van der Waals surface area contributed by atoms with Crippen LogP contribution in [0.2, 0.25) is 0 Å². The van der Waals surface area contributed by atoms with Crippen LogP contribution in [-0.2, 0) is 5.75 Å². The van der Waals surface area contributed by atoms with Crippen molar-refractivity contribution >= 4 is 35.2 Å². The highest BCUT2D eigenvalue weighted by Gasteiger charge is 2.28. The molecule has 0 bridgehead atoms. The number of fused-ring (bicyclic) bond motifs is 1. The highest BCUT2D eigenvalue weighted by Crippen LogP contribution is 2.28. The Morgan fingerprint density at radius 2 is 1.96 bits per heavy atom. The van der Waals surface area contributed by atoms with Gasteiger partial charge in [0.1, 0.15) is 5.75 Å². The SMILES string of the molecule is Cc1c(OCC(F)(F)F)ccnc1CSc1nc2ccccc2[nH]1.Cl. The van der Waals surface area contributed by atoms with E-state index in [4.69, 9.17) is 4.74 Å². The average molecular weight is 390 g/mol. The number of H-pyrrole nitrogens is 1. The van der Waals surface area contributed by atoms with Crippen LogP contribution in [-0.4, -0.2) is 27.7 Å². The Morgan fingerprint density at radius 1 is 1.20 bits per heavy atom. The number of imidazole rings is 1. The van der Waals surface area contributed by atoms with E-state index >= 15 is 0 Å². The first kappa shape index (κ1) is 19.4. The van der Waals surface area contributed by atoms with Gasteiger partial charge in [-0.05, 0) is 25.1 Å². The zero-order valence-electron chi connectivity index (χ0n) is 13.1. The molecule has 0 radical (unpaired) electrons. The molecule has 3 rings (SSSR count). The van der Waals surface area contributed by atoms with Crippen LogP contribution in [0.4, 0.5) is 13.2 Å². The molecule has 0 aliphatic carbocycles. The lowest BCUT2D eigenvalue weighted by Gasteiger charge is -2.13. The Hall–Kier alpha value is -1.93. The van der Waals surface area contributed by atoms with Gasteiger partial charge in [0.15, 0.2) is 11.8 Å². The first-order chi connectivity index (χ1) is 11.4. The van der Waals surface area contributed by atoms with Gasteiger partial charge in [0.2, 0.25) is 0 Å². The predicted octanol–water partition coefficient (Wildman–Crippen LogP) is 4.92. The number of thioether (sulfide) groups is 1. The summed E-state index contributed by atoms with van der Waals surface area (Å²) >= 11 is 1.44. The Bertz CT molecular complexity index is 821. The Balaban J connectivity index is 0.00000225. The van der Waals surface area contributed by atoms with Crippen molar-refractivity contribution < 1.29 is 17.9 Å². The molecule has 9 heteroatoms. The Labute approximate surface area is 152 Å². The molecule has 2 aromatic heterocycles. The smallest absolute Gasteiger partial charge is 0.422 e. The highest BCUT2D eigenvalue weighted by molar-refractivity contribution is 7.98. The summed E-state index contributed by atoms with van der Waals surface area (Å²) in [6.45, 7) is 0.390. The van der Waals surface area contributed by atoms with Gasteiger partial charge in [-0.3, -0.25) is 4.98 Å². The van der Waals surface area contributed by atoms with Gasteiger partial charge in [-0.15, -0.1) is 12.4 Å². The van der Waals surface area contributed by atoms with E-state index in [1.165, 1.54) is 24.0 Å². The summed E-state index contributed by atoms with van der Waals surface area (Å²) in [4.78, 5) is 11.9. The van der Waals surface area contributed by atoms with Gasteiger partial charge in [0.05, 0.1) is 16.7 Å². The average Bonchev–Trinajstić information content (AvgIpc) is 2.95. The molecule has 0 amide bonds. The number of halogens is 4. The summed E-state index contributed by atoms with van der Waals surface area (Å²) in [5.41, 5.74) is 3.07. The molecule has 0 aliphatic heterocycles. The molecule has 0 fully saturated rings. The van der Waals surface area contributed by atoms with E-state index in [0.717, 1.165) is 16.2 Å². The normalized spacial score (nSPS) is 11.4. The maximum absolute atomic E-state index is 12.3. The molecule has 0 aliphatic rings. The van der Waals surface area contributed by atoms with Gasteiger partial charge in [-0.1, -0.05) is 23.9 Å². The largest absolute Gasteiger partial charge is 0.484 e. The summed E-state index contributed by atoms with van der Waals surface area (Å²) in [6.07, 6.45) is -2.91. The lowest BCUT2D eigenvalue weighted by atomic mass is 10.2. The van der Waals surface area contributed by atoms with Crippen LogP contribution < -0.4 is 4.74 Å². The number of rotatable bonds is 5. The Morgan fingerprint density at radius 3 is 2.68 bits per heavy atom. The molecule has 1 N–H and O–H groups in total. The number of hydrogen-bond acceptors (Lipinski definition) is 4. The Kier molecular flexibility index (Phi) is 6.18.